The first kappa shape index (κ1) is 20.7. The molecule has 0 radical (unpaired) electrons. The standard InChI is InChI=1S/C25H23N3O2/c1-19(29)27-23-16-14-20(15-17-23)9-8-18-26-25(30)28-24(21-10-4-2-5-11-21)22-12-6-3-7-13-22/h2-7,10-17,24H,18H2,1H3,(H,27,29)(H2,26,28,30). The lowest BCUT2D eigenvalue weighted by Crippen LogP contribution is -2.38. The Morgan fingerprint density at radius 3 is 1.93 bits per heavy atom. The number of anilines is 1. The molecule has 0 atom stereocenters. The lowest BCUT2D eigenvalue weighted by molar-refractivity contribution is -0.114. The maximum absolute atomic E-state index is 12.4. The number of amides is 3. The predicted molar refractivity (Wildman–Crippen MR) is 119 cm³/mol. The maximum Gasteiger partial charge on any atom is 0.316 e. The summed E-state index contributed by atoms with van der Waals surface area (Å²) >= 11 is 0. The summed E-state index contributed by atoms with van der Waals surface area (Å²) in [7, 11) is 0. The SMILES string of the molecule is CC(=O)Nc1ccc(C#CCNC(=O)NC(c2ccccc2)c2ccccc2)cc1. The van der Waals surface area contributed by atoms with E-state index in [-0.39, 0.29) is 24.5 Å². The predicted octanol–water partition coefficient (Wildman–Crippen LogP) is 4.09. The molecule has 0 heterocycles. The largest absolute Gasteiger partial charge is 0.327 e. The number of nitrogens with one attached hydrogen (secondary N) is 3. The van der Waals surface area contributed by atoms with Crippen molar-refractivity contribution in [1.29, 1.82) is 0 Å². The van der Waals surface area contributed by atoms with Gasteiger partial charge in [-0.2, -0.15) is 0 Å². The van der Waals surface area contributed by atoms with Crippen molar-refractivity contribution in [2.75, 3.05) is 11.9 Å². The quantitative estimate of drug-likeness (QED) is 0.568. The molecule has 0 aliphatic heterocycles. The first-order chi connectivity index (χ1) is 14.6. The molecular formula is C25H23N3O2. The number of rotatable bonds is 5. The van der Waals surface area contributed by atoms with Gasteiger partial charge in [0.1, 0.15) is 0 Å². The molecule has 0 aromatic heterocycles. The highest BCUT2D eigenvalue weighted by molar-refractivity contribution is 5.88. The second-order valence-corrected chi connectivity index (χ2v) is 6.64. The van der Waals surface area contributed by atoms with Crippen molar-refractivity contribution in [1.82, 2.24) is 10.6 Å². The average molecular weight is 397 g/mol. The van der Waals surface area contributed by atoms with Crippen molar-refractivity contribution >= 4 is 17.6 Å². The molecule has 3 N–H and O–H groups in total. The van der Waals surface area contributed by atoms with Crippen LogP contribution in [0.4, 0.5) is 10.5 Å². The Morgan fingerprint density at radius 1 is 0.833 bits per heavy atom. The van der Waals surface area contributed by atoms with Gasteiger partial charge >= 0.3 is 6.03 Å². The van der Waals surface area contributed by atoms with Gasteiger partial charge in [-0.05, 0) is 35.4 Å². The van der Waals surface area contributed by atoms with Crippen molar-refractivity contribution in [3.8, 4) is 11.8 Å². The lowest BCUT2D eigenvalue weighted by Gasteiger charge is -2.19. The van der Waals surface area contributed by atoms with Crippen LogP contribution in [0.15, 0.2) is 84.9 Å². The zero-order valence-corrected chi connectivity index (χ0v) is 16.7. The third-order valence-corrected chi connectivity index (χ3v) is 4.32. The van der Waals surface area contributed by atoms with Crippen LogP contribution < -0.4 is 16.0 Å². The molecule has 5 nitrogen and oxygen atoms in total. The molecule has 3 aromatic rings. The second-order valence-electron chi connectivity index (χ2n) is 6.64. The van der Waals surface area contributed by atoms with E-state index in [0.717, 1.165) is 22.4 Å². The van der Waals surface area contributed by atoms with Crippen LogP contribution in [0.25, 0.3) is 0 Å². The van der Waals surface area contributed by atoms with E-state index in [4.69, 9.17) is 0 Å². The molecule has 0 unspecified atom stereocenters. The van der Waals surface area contributed by atoms with Gasteiger partial charge in [0.2, 0.25) is 5.91 Å². The monoisotopic (exact) mass is 397 g/mol. The van der Waals surface area contributed by atoms with E-state index in [1.807, 2.05) is 72.8 Å². The summed E-state index contributed by atoms with van der Waals surface area (Å²) in [5.41, 5.74) is 3.53. The highest BCUT2D eigenvalue weighted by Crippen LogP contribution is 2.21. The molecular weight excluding hydrogens is 374 g/mol. The minimum Gasteiger partial charge on any atom is -0.327 e. The summed E-state index contributed by atoms with van der Waals surface area (Å²) in [6.07, 6.45) is 0. The third-order valence-electron chi connectivity index (χ3n) is 4.32. The van der Waals surface area contributed by atoms with Crippen molar-refractivity contribution in [3.63, 3.8) is 0 Å². The van der Waals surface area contributed by atoms with E-state index in [0.29, 0.717) is 0 Å². The molecule has 0 aliphatic rings. The minimum atomic E-state index is -0.289. The molecule has 3 amide bonds. The normalized spacial score (nSPS) is 9.93. The summed E-state index contributed by atoms with van der Waals surface area (Å²) < 4.78 is 0. The molecule has 150 valence electrons. The number of urea groups is 1. The summed E-state index contributed by atoms with van der Waals surface area (Å²) in [4.78, 5) is 23.5. The topological polar surface area (TPSA) is 70.2 Å². The lowest BCUT2D eigenvalue weighted by atomic mass is 9.99. The van der Waals surface area contributed by atoms with Crippen molar-refractivity contribution in [2.45, 2.75) is 13.0 Å². The number of hydrogen-bond donors (Lipinski definition) is 3. The van der Waals surface area contributed by atoms with Crippen LogP contribution in [0.1, 0.15) is 29.7 Å². The molecule has 0 spiro atoms. The highest BCUT2D eigenvalue weighted by Gasteiger charge is 2.15. The summed E-state index contributed by atoms with van der Waals surface area (Å²) in [6.45, 7) is 1.68. The van der Waals surface area contributed by atoms with E-state index in [1.54, 1.807) is 12.1 Å². The Balaban J connectivity index is 1.58. The van der Waals surface area contributed by atoms with Crippen LogP contribution in [0.2, 0.25) is 0 Å². The van der Waals surface area contributed by atoms with Gasteiger partial charge in [0.15, 0.2) is 0 Å². The van der Waals surface area contributed by atoms with E-state index < -0.39 is 0 Å². The Bertz CT molecular complexity index is 997. The molecule has 3 aromatic carbocycles. The van der Waals surface area contributed by atoms with E-state index in [1.165, 1.54) is 6.92 Å². The molecule has 0 aliphatic carbocycles. The number of carbonyl (C=O) groups excluding carboxylic acids is 2. The Labute approximate surface area is 176 Å². The van der Waals surface area contributed by atoms with Crippen molar-refractivity contribution in [2.24, 2.45) is 0 Å². The molecule has 0 saturated carbocycles. The fraction of sp³-hybridized carbons (Fsp3) is 0.120. The van der Waals surface area contributed by atoms with E-state index >= 15 is 0 Å². The number of benzene rings is 3. The van der Waals surface area contributed by atoms with E-state index in [9.17, 15) is 9.59 Å². The van der Waals surface area contributed by atoms with Crippen LogP contribution in [0, 0.1) is 11.8 Å². The van der Waals surface area contributed by atoms with Crippen LogP contribution >= 0.6 is 0 Å². The van der Waals surface area contributed by atoms with Gasteiger partial charge in [0.25, 0.3) is 0 Å². The molecule has 5 heteroatoms. The Kier molecular flexibility index (Phi) is 7.23. The van der Waals surface area contributed by atoms with E-state index in [2.05, 4.69) is 27.8 Å². The zero-order valence-electron chi connectivity index (χ0n) is 16.7. The molecule has 0 fully saturated rings. The maximum atomic E-state index is 12.4. The van der Waals surface area contributed by atoms with Crippen LogP contribution in [-0.4, -0.2) is 18.5 Å². The fourth-order valence-corrected chi connectivity index (χ4v) is 2.94. The smallest absolute Gasteiger partial charge is 0.316 e. The van der Waals surface area contributed by atoms with Gasteiger partial charge in [-0.25, -0.2) is 4.79 Å². The number of hydrogen-bond acceptors (Lipinski definition) is 2. The first-order valence-electron chi connectivity index (χ1n) is 9.62. The zero-order chi connectivity index (χ0) is 21.2. The first-order valence-corrected chi connectivity index (χ1v) is 9.62. The third kappa shape index (κ3) is 6.25. The van der Waals surface area contributed by atoms with Gasteiger partial charge in [-0.1, -0.05) is 72.5 Å². The average Bonchev–Trinajstić information content (AvgIpc) is 2.77. The van der Waals surface area contributed by atoms with Crippen LogP contribution in [0.5, 0.6) is 0 Å². The van der Waals surface area contributed by atoms with Crippen molar-refractivity contribution < 1.29 is 9.59 Å². The highest BCUT2D eigenvalue weighted by atomic mass is 16.2. The van der Waals surface area contributed by atoms with Gasteiger partial charge in [-0.3, -0.25) is 4.79 Å². The van der Waals surface area contributed by atoms with Crippen LogP contribution in [-0.2, 0) is 4.79 Å². The number of carbonyl (C=O) groups is 2. The summed E-state index contributed by atoms with van der Waals surface area (Å²) in [5.74, 6) is 5.81. The minimum absolute atomic E-state index is 0.117. The second kappa shape index (κ2) is 10.5. The molecule has 30 heavy (non-hydrogen) atoms. The molecule has 0 saturated heterocycles. The van der Waals surface area contributed by atoms with Gasteiger partial charge in [0, 0.05) is 18.2 Å². The Morgan fingerprint density at radius 2 is 1.40 bits per heavy atom. The fourth-order valence-electron chi connectivity index (χ4n) is 2.94. The van der Waals surface area contributed by atoms with Crippen LogP contribution in [0.3, 0.4) is 0 Å². The molecule has 3 rings (SSSR count). The van der Waals surface area contributed by atoms with Gasteiger partial charge in [0.05, 0.1) is 12.6 Å². The summed E-state index contributed by atoms with van der Waals surface area (Å²) in [5, 5.41) is 8.50. The Hall–Kier alpha value is -4.04. The van der Waals surface area contributed by atoms with Crippen molar-refractivity contribution in [3.05, 3.63) is 102 Å². The molecule has 0 bridgehead atoms. The summed E-state index contributed by atoms with van der Waals surface area (Å²) in [6, 6.07) is 26.3. The van der Waals surface area contributed by atoms with Gasteiger partial charge in [-0.15, -0.1) is 0 Å². The van der Waals surface area contributed by atoms with Gasteiger partial charge < -0.3 is 16.0 Å².